The molecule has 1 fully saturated rings. The quantitative estimate of drug-likeness (QED) is 0.839. The summed E-state index contributed by atoms with van der Waals surface area (Å²) in [5, 5.41) is 2.58. The fraction of sp³-hybridized carbons (Fsp3) is 0.471. The van der Waals surface area contributed by atoms with Gasteiger partial charge in [-0.05, 0) is 37.8 Å². The molecule has 2 aromatic rings. The Labute approximate surface area is 144 Å². The molecule has 2 N–H and O–H groups in total. The third-order valence-corrected chi connectivity index (χ3v) is 6.34. The zero-order valence-corrected chi connectivity index (χ0v) is 15.1. The molecule has 1 aliphatic rings. The summed E-state index contributed by atoms with van der Waals surface area (Å²) >= 11 is 3.15. The molecule has 3 heterocycles. The van der Waals surface area contributed by atoms with E-state index in [0.717, 1.165) is 23.5 Å². The molecule has 0 radical (unpaired) electrons. The largest absolute Gasteiger partial charge is 0.465 e. The van der Waals surface area contributed by atoms with Crippen molar-refractivity contribution in [1.29, 1.82) is 0 Å². The van der Waals surface area contributed by atoms with Crippen LogP contribution >= 0.6 is 22.7 Å². The average Bonchev–Trinajstić information content (AvgIpc) is 3.16. The monoisotopic (exact) mass is 350 g/mol. The molecule has 0 aliphatic carbocycles. The number of ether oxygens (including phenoxy) is 1. The number of methoxy groups -OCH3 is 1. The Kier molecular flexibility index (Phi) is 5.04. The molecular weight excluding hydrogens is 328 g/mol. The van der Waals surface area contributed by atoms with E-state index < -0.39 is 0 Å². The van der Waals surface area contributed by atoms with Gasteiger partial charge in [-0.2, -0.15) is 0 Å². The van der Waals surface area contributed by atoms with Crippen LogP contribution in [-0.4, -0.2) is 30.6 Å². The smallest absolute Gasteiger partial charge is 0.341 e. The molecule has 0 aromatic carbocycles. The third-order valence-electron chi connectivity index (χ3n) is 4.45. The Morgan fingerprint density at radius 3 is 2.96 bits per heavy atom. The Hall–Kier alpha value is -1.37. The van der Waals surface area contributed by atoms with E-state index in [4.69, 9.17) is 10.5 Å². The van der Waals surface area contributed by atoms with Crippen LogP contribution in [0.3, 0.4) is 0 Å². The number of nitrogen functional groups attached to an aromatic ring is 1. The Balaban J connectivity index is 2.01. The van der Waals surface area contributed by atoms with Gasteiger partial charge in [0.2, 0.25) is 0 Å². The molecule has 0 amide bonds. The highest BCUT2D eigenvalue weighted by atomic mass is 32.1. The first kappa shape index (κ1) is 16.5. The topological polar surface area (TPSA) is 55.6 Å². The van der Waals surface area contributed by atoms with E-state index in [1.807, 2.05) is 17.5 Å². The molecule has 23 heavy (non-hydrogen) atoms. The van der Waals surface area contributed by atoms with E-state index in [0.29, 0.717) is 16.6 Å². The summed E-state index contributed by atoms with van der Waals surface area (Å²) in [6.45, 7) is 4.23. The number of nitrogens with two attached hydrogens (primary N) is 1. The van der Waals surface area contributed by atoms with Crippen molar-refractivity contribution in [3.05, 3.63) is 28.0 Å². The summed E-state index contributed by atoms with van der Waals surface area (Å²) in [5.41, 5.74) is 7.66. The molecule has 1 atom stereocenters. The summed E-state index contributed by atoms with van der Waals surface area (Å²) in [6.07, 6.45) is 3.78. The van der Waals surface area contributed by atoms with Gasteiger partial charge in [0.25, 0.3) is 0 Å². The first-order chi connectivity index (χ1) is 11.1. The number of esters is 1. The normalized spacial score (nSPS) is 19.0. The van der Waals surface area contributed by atoms with E-state index in [-0.39, 0.29) is 5.97 Å². The molecule has 2 aromatic heterocycles. The molecule has 3 rings (SSSR count). The molecule has 6 heteroatoms. The van der Waals surface area contributed by atoms with Crippen molar-refractivity contribution in [2.24, 2.45) is 0 Å². The van der Waals surface area contributed by atoms with Gasteiger partial charge in [-0.15, -0.1) is 22.7 Å². The van der Waals surface area contributed by atoms with Crippen LogP contribution in [-0.2, 0) is 11.3 Å². The van der Waals surface area contributed by atoms with Crippen LogP contribution in [0.2, 0.25) is 0 Å². The summed E-state index contributed by atoms with van der Waals surface area (Å²) < 4.78 is 4.96. The van der Waals surface area contributed by atoms with Crippen molar-refractivity contribution in [1.82, 2.24) is 4.90 Å². The first-order valence-electron chi connectivity index (χ1n) is 7.89. The van der Waals surface area contributed by atoms with Gasteiger partial charge in [-0.1, -0.05) is 12.5 Å². The number of hydrogen-bond acceptors (Lipinski definition) is 6. The molecule has 0 saturated carbocycles. The molecule has 0 spiro atoms. The van der Waals surface area contributed by atoms with Crippen LogP contribution in [0.5, 0.6) is 0 Å². The second-order valence-corrected chi connectivity index (χ2v) is 8.01. The fourth-order valence-corrected chi connectivity index (χ4v) is 5.14. The summed E-state index contributed by atoms with van der Waals surface area (Å²) in [6, 6.07) is 4.62. The van der Waals surface area contributed by atoms with Gasteiger partial charge >= 0.3 is 5.97 Å². The number of anilines is 1. The van der Waals surface area contributed by atoms with Gasteiger partial charge in [0.05, 0.1) is 7.11 Å². The van der Waals surface area contributed by atoms with Crippen molar-refractivity contribution >= 4 is 33.6 Å². The van der Waals surface area contributed by atoms with Gasteiger partial charge in [0, 0.05) is 27.9 Å². The van der Waals surface area contributed by atoms with Gasteiger partial charge in [-0.25, -0.2) is 4.79 Å². The highest BCUT2D eigenvalue weighted by Gasteiger charge is 2.27. The van der Waals surface area contributed by atoms with E-state index in [9.17, 15) is 4.79 Å². The zero-order valence-electron chi connectivity index (χ0n) is 13.5. The van der Waals surface area contributed by atoms with Crippen molar-refractivity contribution < 1.29 is 9.53 Å². The van der Waals surface area contributed by atoms with E-state index >= 15 is 0 Å². The van der Waals surface area contributed by atoms with Crippen molar-refractivity contribution in [2.75, 3.05) is 19.4 Å². The molecular formula is C17H22N2O2S2. The lowest BCUT2D eigenvalue weighted by Crippen LogP contribution is -2.36. The number of nitrogens with zero attached hydrogens (tertiary/aromatic N) is 1. The maximum absolute atomic E-state index is 12.2. The van der Waals surface area contributed by atoms with E-state index in [1.54, 1.807) is 11.3 Å². The maximum atomic E-state index is 12.2. The Bertz CT molecular complexity index is 679. The highest BCUT2D eigenvalue weighted by Crippen LogP contribution is 2.42. The first-order valence-corrected chi connectivity index (χ1v) is 9.58. The molecule has 1 aliphatic heterocycles. The lowest BCUT2D eigenvalue weighted by atomic mass is 10.0. The summed E-state index contributed by atoms with van der Waals surface area (Å²) in [5.74, 6) is -0.347. The maximum Gasteiger partial charge on any atom is 0.341 e. The molecule has 0 bridgehead atoms. The average molecular weight is 351 g/mol. The number of rotatable bonds is 4. The number of piperidine rings is 1. The SMILES string of the molecule is COC(=O)c1c(N)sc(CN2CCCCC2C)c1-c1cccs1. The van der Waals surface area contributed by atoms with Crippen LogP contribution < -0.4 is 5.73 Å². The predicted octanol–water partition coefficient (Wildman–Crippen LogP) is 4.22. The van der Waals surface area contributed by atoms with Crippen LogP contribution in [0, 0.1) is 0 Å². The Morgan fingerprint density at radius 1 is 1.48 bits per heavy atom. The minimum atomic E-state index is -0.347. The van der Waals surface area contributed by atoms with Crippen molar-refractivity contribution in [3.63, 3.8) is 0 Å². The second-order valence-electron chi connectivity index (χ2n) is 5.92. The van der Waals surface area contributed by atoms with E-state index in [1.165, 1.54) is 42.6 Å². The van der Waals surface area contributed by atoms with Crippen LogP contribution in [0.4, 0.5) is 5.00 Å². The molecule has 4 nitrogen and oxygen atoms in total. The van der Waals surface area contributed by atoms with Gasteiger partial charge in [0.1, 0.15) is 10.6 Å². The molecule has 124 valence electrons. The zero-order chi connectivity index (χ0) is 16.4. The number of hydrogen-bond donors (Lipinski definition) is 1. The summed E-state index contributed by atoms with van der Waals surface area (Å²) in [7, 11) is 1.41. The van der Waals surface area contributed by atoms with Crippen molar-refractivity contribution in [3.8, 4) is 10.4 Å². The van der Waals surface area contributed by atoms with Gasteiger partial charge in [-0.3, -0.25) is 4.90 Å². The summed E-state index contributed by atoms with van der Waals surface area (Å²) in [4.78, 5) is 17.0. The standard InChI is InChI=1S/C17H22N2O2S2/c1-11-6-3-4-8-19(11)10-13-14(12-7-5-9-22-12)15(16(18)23-13)17(20)21-2/h5,7,9,11H,3-4,6,8,10,18H2,1-2H3. The lowest BCUT2D eigenvalue weighted by Gasteiger charge is -2.33. The number of likely N-dealkylation sites (tertiary alicyclic amines) is 1. The predicted molar refractivity (Wildman–Crippen MR) is 97.1 cm³/mol. The van der Waals surface area contributed by atoms with Crippen molar-refractivity contribution in [2.45, 2.75) is 38.8 Å². The minimum absolute atomic E-state index is 0.347. The molecule has 1 saturated heterocycles. The number of carbonyl (C=O) groups is 1. The van der Waals surface area contributed by atoms with Crippen LogP contribution in [0.15, 0.2) is 17.5 Å². The number of thiophene rings is 2. The van der Waals surface area contributed by atoms with Gasteiger partial charge < -0.3 is 10.5 Å². The van der Waals surface area contributed by atoms with Gasteiger partial charge in [0.15, 0.2) is 0 Å². The Morgan fingerprint density at radius 2 is 2.30 bits per heavy atom. The van der Waals surface area contributed by atoms with Crippen LogP contribution in [0.25, 0.3) is 10.4 Å². The third kappa shape index (κ3) is 3.29. The second kappa shape index (κ2) is 7.03. The van der Waals surface area contributed by atoms with Crippen LogP contribution in [0.1, 0.15) is 41.4 Å². The molecule has 1 unspecified atom stereocenters. The lowest BCUT2D eigenvalue weighted by molar-refractivity contribution is 0.0603. The fourth-order valence-electron chi connectivity index (χ4n) is 3.17. The minimum Gasteiger partial charge on any atom is -0.465 e. The van der Waals surface area contributed by atoms with E-state index in [2.05, 4.69) is 11.8 Å². The number of carbonyl (C=O) groups excluding carboxylic acids is 1. The highest BCUT2D eigenvalue weighted by molar-refractivity contribution is 7.18.